The van der Waals surface area contributed by atoms with E-state index in [2.05, 4.69) is 54.5 Å². The number of benzene rings is 5. The third kappa shape index (κ3) is 10.1. The number of nitrogens with zero attached hydrogens (tertiary/aromatic N) is 8. The van der Waals surface area contributed by atoms with Crippen LogP contribution in [0.25, 0.3) is 10.8 Å². The van der Waals surface area contributed by atoms with Gasteiger partial charge in [0.25, 0.3) is 16.0 Å². The first kappa shape index (κ1) is 44.9. The number of carboxylic acid groups (broad SMARTS) is 1. The molecule has 0 fully saturated rings. The summed E-state index contributed by atoms with van der Waals surface area (Å²) in [4.78, 5) is 25.4. The molecule has 1 aliphatic rings. The van der Waals surface area contributed by atoms with Gasteiger partial charge in [0.1, 0.15) is 44.9 Å². The van der Waals surface area contributed by atoms with Crippen molar-refractivity contribution in [1.29, 1.82) is 0 Å². The molecule has 0 spiro atoms. The molecule has 5 aromatic carbocycles. The fourth-order valence-corrected chi connectivity index (χ4v) is 6.95. The van der Waals surface area contributed by atoms with Crippen LogP contribution >= 0.6 is 24.1 Å². The van der Waals surface area contributed by atoms with Crippen LogP contribution in [0.5, 0.6) is 23.0 Å². The predicted octanol–water partition coefficient (Wildman–Crippen LogP) is 8.45. The minimum Gasteiger partial charge on any atom is -0.505 e. The van der Waals surface area contributed by atoms with Gasteiger partial charge in [-0.2, -0.15) is 28.8 Å². The molecule has 1 heterocycles. The van der Waals surface area contributed by atoms with E-state index < -0.39 is 44.4 Å². The molecule has 1 atom stereocenters. The molecule has 0 aromatic heterocycles. The van der Waals surface area contributed by atoms with Crippen molar-refractivity contribution >= 4 is 96.7 Å². The maximum Gasteiger partial charge on any atom is 0.355 e. The SMILES string of the molecule is COc1ccc(N=Nc2cc(OC)c(N=Nc3c(SOOO)cc4ccc(N=NC5C(=O)N(c6ccc(SOOO)cc6)N=C5C(=O)O)cc4c3O)cc2OC)c(S(=O)(=O)O)c1. The zero-order valence-electron chi connectivity index (χ0n) is 31.6. The Morgan fingerprint density at radius 1 is 0.774 bits per heavy atom. The lowest BCUT2D eigenvalue weighted by molar-refractivity contribution is -0.432. The van der Waals surface area contributed by atoms with Crippen molar-refractivity contribution in [3.8, 4) is 23.0 Å². The number of carbonyl (C=O) groups is 2. The van der Waals surface area contributed by atoms with E-state index in [0.717, 1.165) is 11.1 Å². The molecule has 0 saturated carbocycles. The van der Waals surface area contributed by atoms with Gasteiger partial charge >= 0.3 is 5.97 Å². The average Bonchev–Trinajstić information content (AvgIpc) is 3.61. The summed E-state index contributed by atoms with van der Waals surface area (Å²) in [6.45, 7) is 0. The number of carbonyl (C=O) groups excluding carboxylic acids is 1. The molecule has 27 heteroatoms. The highest BCUT2D eigenvalue weighted by Crippen LogP contribution is 2.47. The van der Waals surface area contributed by atoms with Gasteiger partial charge < -0.3 is 24.4 Å². The number of rotatable bonds is 18. The summed E-state index contributed by atoms with van der Waals surface area (Å²) >= 11 is 1.13. The normalized spacial score (nSPS) is 14.4. The van der Waals surface area contributed by atoms with Crippen LogP contribution in [0.15, 0.2) is 129 Å². The standard InChI is InChI=1S/C35H28N8O16S3/c1-53-20-8-11-23(29(14-20)62(50,51)52)37-38-24-15-27(55-3)25(16-26(24)54-2)39-40-30-28(61-59-57-49)12-17-4-5-18(13-22(17)33(30)44)36-41-31-32(35(46)47)42-43(34(31)45)19-6-9-21(10-7-19)60-58-56-48/h4-16,31,44,48-49H,1-3H3,(H,46,47)(H,50,51,52). The highest BCUT2D eigenvalue weighted by Gasteiger charge is 2.41. The second-order valence-electron chi connectivity index (χ2n) is 11.9. The first-order valence-electron chi connectivity index (χ1n) is 16.8. The van der Waals surface area contributed by atoms with Gasteiger partial charge in [0.15, 0.2) is 11.5 Å². The van der Waals surface area contributed by atoms with Crippen LogP contribution in [0, 0.1) is 0 Å². The summed E-state index contributed by atoms with van der Waals surface area (Å²) in [5.41, 5.74) is -0.686. The first-order chi connectivity index (χ1) is 29.8. The van der Waals surface area contributed by atoms with Crippen LogP contribution in [0.3, 0.4) is 0 Å². The summed E-state index contributed by atoms with van der Waals surface area (Å²) in [7, 11) is -0.790. The van der Waals surface area contributed by atoms with Crippen molar-refractivity contribution < 1.29 is 76.2 Å². The van der Waals surface area contributed by atoms with Crippen LogP contribution in [-0.2, 0) is 38.5 Å². The number of phenolic OH excluding ortho intramolecular Hbond substituents is 1. The van der Waals surface area contributed by atoms with Crippen molar-refractivity contribution in [1.82, 2.24) is 0 Å². The van der Waals surface area contributed by atoms with Crippen molar-refractivity contribution in [2.45, 2.75) is 20.7 Å². The Hall–Kier alpha value is -6.66. The largest absolute Gasteiger partial charge is 0.505 e. The summed E-state index contributed by atoms with van der Waals surface area (Å²) < 4.78 is 58.7. The molecule has 1 amide bonds. The third-order valence-electron chi connectivity index (χ3n) is 8.30. The fourth-order valence-electron chi connectivity index (χ4n) is 5.46. The topological polar surface area (TPSA) is 324 Å². The lowest BCUT2D eigenvalue weighted by Crippen LogP contribution is -2.32. The number of methoxy groups -OCH3 is 3. The first-order valence-corrected chi connectivity index (χ1v) is 19.7. The highest BCUT2D eigenvalue weighted by atomic mass is 32.2. The van der Waals surface area contributed by atoms with E-state index in [1.165, 1.54) is 94.1 Å². The number of hydrazone groups is 1. The van der Waals surface area contributed by atoms with Gasteiger partial charge in [-0.25, -0.2) is 15.3 Å². The Bertz CT molecular complexity index is 2760. The van der Waals surface area contributed by atoms with Crippen molar-refractivity contribution in [2.24, 2.45) is 35.8 Å². The monoisotopic (exact) mass is 912 g/mol. The van der Waals surface area contributed by atoms with Crippen LogP contribution in [-0.4, -0.2) is 78.7 Å². The lowest BCUT2D eigenvalue weighted by Gasteiger charge is -2.12. The van der Waals surface area contributed by atoms with Crippen LogP contribution in [0.1, 0.15) is 0 Å². The van der Waals surface area contributed by atoms with E-state index in [4.69, 9.17) is 24.7 Å². The van der Waals surface area contributed by atoms with E-state index in [-0.39, 0.29) is 61.7 Å². The van der Waals surface area contributed by atoms with E-state index in [0.29, 0.717) is 34.4 Å². The van der Waals surface area contributed by atoms with E-state index in [1.54, 1.807) is 0 Å². The van der Waals surface area contributed by atoms with Crippen LogP contribution in [0.4, 0.5) is 34.1 Å². The van der Waals surface area contributed by atoms with Gasteiger partial charge in [-0.3, -0.25) is 9.35 Å². The van der Waals surface area contributed by atoms with E-state index in [1.807, 2.05) is 0 Å². The number of azo groups is 3. The minimum absolute atomic E-state index is 0.0371. The maximum absolute atomic E-state index is 13.3. The van der Waals surface area contributed by atoms with Gasteiger partial charge in [0.2, 0.25) is 6.04 Å². The number of carboxylic acids is 1. The number of aromatic hydroxyl groups is 1. The number of aliphatic carboxylic acids is 1. The number of hydrogen-bond acceptors (Lipinski definition) is 23. The van der Waals surface area contributed by atoms with Gasteiger partial charge in [-0.1, -0.05) is 16.1 Å². The third-order valence-corrected chi connectivity index (χ3v) is 10.4. The molecule has 1 unspecified atom stereocenters. The van der Waals surface area contributed by atoms with E-state index >= 15 is 0 Å². The molecule has 5 aromatic rings. The summed E-state index contributed by atoms with van der Waals surface area (Å²) in [6, 6.07) is 16.5. The van der Waals surface area contributed by atoms with Crippen LogP contribution in [0.2, 0.25) is 0 Å². The molecule has 0 saturated heterocycles. The summed E-state index contributed by atoms with van der Waals surface area (Å²) in [5.74, 6) is -2.56. The molecule has 62 heavy (non-hydrogen) atoms. The molecule has 0 aliphatic carbocycles. The predicted molar refractivity (Wildman–Crippen MR) is 215 cm³/mol. The number of fused-ring (bicyclic) bond motifs is 1. The number of ether oxygens (including phenoxy) is 3. The van der Waals surface area contributed by atoms with Gasteiger partial charge in [-0.05, 0) is 60.0 Å². The van der Waals surface area contributed by atoms with E-state index in [9.17, 15) is 32.8 Å². The Kier molecular flexibility index (Phi) is 14.3. The van der Waals surface area contributed by atoms with Gasteiger partial charge in [0.05, 0.1) is 61.7 Å². The molecule has 24 nitrogen and oxygen atoms in total. The van der Waals surface area contributed by atoms with Crippen molar-refractivity contribution in [3.63, 3.8) is 0 Å². The Balaban J connectivity index is 1.31. The smallest absolute Gasteiger partial charge is 0.355 e. The number of hydrogen-bond donors (Lipinski definition) is 5. The zero-order valence-corrected chi connectivity index (χ0v) is 34.1. The molecule has 1 aliphatic heterocycles. The molecule has 0 radical (unpaired) electrons. The average molecular weight is 913 g/mol. The Morgan fingerprint density at radius 3 is 2.03 bits per heavy atom. The fraction of sp³-hybridized carbons (Fsp3) is 0.114. The maximum atomic E-state index is 13.3. The number of amides is 1. The number of phenols is 1. The molecular weight excluding hydrogens is 885 g/mol. The quantitative estimate of drug-likeness (QED) is 0.0181. The Labute approximate surface area is 356 Å². The molecule has 322 valence electrons. The van der Waals surface area contributed by atoms with Gasteiger partial charge in [0, 0.05) is 28.5 Å². The number of anilines is 1. The van der Waals surface area contributed by atoms with Crippen LogP contribution < -0.4 is 19.2 Å². The highest BCUT2D eigenvalue weighted by molar-refractivity contribution is 7.95. The Morgan fingerprint density at radius 2 is 1.42 bits per heavy atom. The summed E-state index contributed by atoms with van der Waals surface area (Å²) in [6.07, 6.45) is 0. The van der Waals surface area contributed by atoms with Crippen molar-refractivity contribution in [3.05, 3.63) is 78.9 Å². The molecule has 6 rings (SSSR count). The summed E-state index contributed by atoms with van der Waals surface area (Å²) in [5, 5.41) is 75.7. The zero-order chi connectivity index (χ0) is 44.6. The lowest BCUT2D eigenvalue weighted by atomic mass is 10.1. The van der Waals surface area contributed by atoms with Gasteiger partial charge in [-0.15, -0.1) is 29.1 Å². The molecule has 5 N–H and O–H groups in total. The molecule has 0 bridgehead atoms. The minimum atomic E-state index is -4.72. The second kappa shape index (κ2) is 19.8. The molecular formula is C35H28N8O16S3. The van der Waals surface area contributed by atoms with Crippen molar-refractivity contribution in [2.75, 3.05) is 26.3 Å². The second-order valence-corrected chi connectivity index (χ2v) is 14.8.